The van der Waals surface area contributed by atoms with Crippen LogP contribution in [-0.4, -0.2) is 32.7 Å². The summed E-state index contributed by atoms with van der Waals surface area (Å²) in [5, 5.41) is 7.15. The Balaban J connectivity index is 3.75. The molecule has 84 valence electrons. The molecule has 1 atom stereocenters. The van der Waals surface area contributed by atoms with Gasteiger partial charge in [-0.3, -0.25) is 4.79 Å². The minimum absolute atomic E-state index is 0.00901. The molecule has 6 nitrogen and oxygen atoms in total. The zero-order valence-corrected chi connectivity index (χ0v) is 9.01. The average molecular weight is 223 g/mol. The molecule has 0 aromatic rings. The molecule has 14 heavy (non-hydrogen) atoms. The Labute approximate surface area is 84.1 Å². The Morgan fingerprint density at radius 2 is 2.07 bits per heavy atom. The van der Waals surface area contributed by atoms with E-state index >= 15 is 0 Å². The first-order valence-corrected chi connectivity index (χ1v) is 6.12. The SMILES string of the molecule is CCCC(N)C(=O)NCCS(N)(=O)=O. The van der Waals surface area contributed by atoms with Crippen LogP contribution in [0.2, 0.25) is 0 Å². The molecular formula is C7H17N3O3S. The summed E-state index contributed by atoms with van der Waals surface area (Å²) in [6.07, 6.45) is 1.39. The Morgan fingerprint density at radius 3 is 2.50 bits per heavy atom. The van der Waals surface area contributed by atoms with E-state index < -0.39 is 16.1 Å². The van der Waals surface area contributed by atoms with E-state index in [1.54, 1.807) is 0 Å². The van der Waals surface area contributed by atoms with Crippen molar-refractivity contribution in [1.82, 2.24) is 5.32 Å². The van der Waals surface area contributed by atoms with Crippen molar-refractivity contribution in [2.24, 2.45) is 10.9 Å². The lowest BCUT2D eigenvalue weighted by Crippen LogP contribution is -2.42. The number of carbonyl (C=O) groups is 1. The van der Waals surface area contributed by atoms with Gasteiger partial charge in [-0.2, -0.15) is 0 Å². The molecule has 0 aromatic heterocycles. The third-order valence-corrected chi connectivity index (χ3v) is 2.40. The van der Waals surface area contributed by atoms with Crippen molar-refractivity contribution < 1.29 is 13.2 Å². The maximum atomic E-state index is 11.1. The van der Waals surface area contributed by atoms with Gasteiger partial charge >= 0.3 is 0 Å². The molecule has 0 spiro atoms. The molecular weight excluding hydrogens is 206 g/mol. The predicted octanol–water partition coefficient (Wildman–Crippen LogP) is -1.48. The maximum Gasteiger partial charge on any atom is 0.236 e. The summed E-state index contributed by atoms with van der Waals surface area (Å²) in [4.78, 5) is 11.1. The van der Waals surface area contributed by atoms with Crippen molar-refractivity contribution >= 4 is 15.9 Å². The number of sulfonamides is 1. The van der Waals surface area contributed by atoms with Crippen molar-refractivity contribution in [1.29, 1.82) is 0 Å². The normalized spacial score (nSPS) is 13.6. The fourth-order valence-electron chi connectivity index (χ4n) is 0.890. The van der Waals surface area contributed by atoms with Gasteiger partial charge in [0, 0.05) is 6.54 Å². The zero-order chi connectivity index (χ0) is 11.2. The first-order chi connectivity index (χ1) is 6.37. The molecule has 0 radical (unpaired) electrons. The second kappa shape index (κ2) is 5.94. The van der Waals surface area contributed by atoms with Crippen LogP contribution in [0.5, 0.6) is 0 Å². The van der Waals surface area contributed by atoms with Gasteiger partial charge in [0.15, 0.2) is 0 Å². The van der Waals surface area contributed by atoms with E-state index in [0.29, 0.717) is 6.42 Å². The van der Waals surface area contributed by atoms with E-state index in [1.807, 2.05) is 6.92 Å². The van der Waals surface area contributed by atoms with Crippen molar-refractivity contribution in [2.75, 3.05) is 12.3 Å². The lowest BCUT2D eigenvalue weighted by molar-refractivity contribution is -0.122. The van der Waals surface area contributed by atoms with E-state index in [4.69, 9.17) is 10.9 Å². The van der Waals surface area contributed by atoms with Gasteiger partial charge in [-0.1, -0.05) is 13.3 Å². The third-order valence-electron chi connectivity index (χ3n) is 1.62. The number of primary sulfonamides is 1. The minimum atomic E-state index is -3.51. The van der Waals surface area contributed by atoms with E-state index in [-0.39, 0.29) is 18.2 Å². The minimum Gasteiger partial charge on any atom is -0.354 e. The summed E-state index contributed by atoms with van der Waals surface area (Å²) >= 11 is 0. The second-order valence-corrected chi connectivity index (χ2v) is 4.79. The van der Waals surface area contributed by atoms with Gasteiger partial charge in [0.2, 0.25) is 15.9 Å². The Hall–Kier alpha value is -0.660. The summed E-state index contributed by atoms with van der Waals surface area (Å²) in [7, 11) is -3.51. The molecule has 0 saturated heterocycles. The molecule has 0 fully saturated rings. The Morgan fingerprint density at radius 1 is 1.50 bits per heavy atom. The first kappa shape index (κ1) is 13.3. The topological polar surface area (TPSA) is 115 Å². The summed E-state index contributed by atoms with van der Waals surface area (Å²) < 4.78 is 21.0. The molecule has 0 saturated carbocycles. The quantitative estimate of drug-likeness (QED) is 0.509. The third kappa shape index (κ3) is 6.81. The summed E-state index contributed by atoms with van der Waals surface area (Å²) in [6.45, 7) is 1.92. The number of nitrogens with one attached hydrogen (secondary N) is 1. The van der Waals surface area contributed by atoms with Gasteiger partial charge in [0.25, 0.3) is 0 Å². The molecule has 0 aromatic carbocycles. The Kier molecular flexibility index (Phi) is 5.66. The van der Waals surface area contributed by atoms with Crippen molar-refractivity contribution in [3.8, 4) is 0 Å². The lowest BCUT2D eigenvalue weighted by Gasteiger charge is -2.10. The number of carbonyl (C=O) groups excluding carboxylic acids is 1. The van der Waals surface area contributed by atoms with Crippen LogP contribution in [-0.2, 0) is 14.8 Å². The van der Waals surface area contributed by atoms with Gasteiger partial charge < -0.3 is 11.1 Å². The fourth-order valence-corrected chi connectivity index (χ4v) is 1.28. The summed E-state index contributed by atoms with van der Waals surface area (Å²) in [5.41, 5.74) is 5.48. The molecule has 1 unspecified atom stereocenters. The van der Waals surface area contributed by atoms with Crippen LogP contribution < -0.4 is 16.2 Å². The number of nitrogens with two attached hydrogens (primary N) is 2. The molecule has 0 aliphatic rings. The van der Waals surface area contributed by atoms with E-state index in [9.17, 15) is 13.2 Å². The first-order valence-electron chi connectivity index (χ1n) is 4.40. The van der Waals surface area contributed by atoms with E-state index in [2.05, 4.69) is 5.32 Å². The highest BCUT2D eigenvalue weighted by Gasteiger charge is 2.12. The number of amides is 1. The van der Waals surface area contributed by atoms with Crippen LogP contribution in [0, 0.1) is 0 Å². The molecule has 5 N–H and O–H groups in total. The second-order valence-electron chi connectivity index (χ2n) is 3.05. The fraction of sp³-hybridized carbons (Fsp3) is 0.857. The van der Waals surface area contributed by atoms with E-state index in [0.717, 1.165) is 6.42 Å². The van der Waals surface area contributed by atoms with E-state index in [1.165, 1.54) is 0 Å². The predicted molar refractivity (Wildman–Crippen MR) is 53.9 cm³/mol. The largest absolute Gasteiger partial charge is 0.354 e. The average Bonchev–Trinajstić information content (AvgIpc) is 2.02. The van der Waals surface area contributed by atoms with Crippen LogP contribution in [0.4, 0.5) is 0 Å². The van der Waals surface area contributed by atoms with Crippen LogP contribution >= 0.6 is 0 Å². The van der Waals surface area contributed by atoms with Gasteiger partial charge in [-0.05, 0) is 6.42 Å². The molecule has 1 amide bonds. The van der Waals surface area contributed by atoms with Gasteiger partial charge in [-0.25, -0.2) is 13.6 Å². The monoisotopic (exact) mass is 223 g/mol. The molecule has 0 aliphatic carbocycles. The Bertz CT molecular complexity index is 276. The van der Waals surface area contributed by atoms with Crippen LogP contribution in [0.3, 0.4) is 0 Å². The molecule has 7 heteroatoms. The van der Waals surface area contributed by atoms with Crippen molar-refractivity contribution in [3.05, 3.63) is 0 Å². The van der Waals surface area contributed by atoms with Crippen LogP contribution in [0.15, 0.2) is 0 Å². The number of hydrogen-bond donors (Lipinski definition) is 3. The summed E-state index contributed by atoms with van der Waals surface area (Å²) in [6, 6.07) is -0.569. The standard InChI is InChI=1S/C7H17N3O3S/c1-2-3-6(8)7(11)10-4-5-14(9,12)13/h6H,2-5,8H2,1H3,(H,10,11)(H2,9,12,13). The highest BCUT2D eigenvalue weighted by molar-refractivity contribution is 7.89. The van der Waals surface area contributed by atoms with Crippen molar-refractivity contribution in [2.45, 2.75) is 25.8 Å². The van der Waals surface area contributed by atoms with Crippen molar-refractivity contribution in [3.63, 3.8) is 0 Å². The molecule has 0 rings (SSSR count). The number of hydrogen-bond acceptors (Lipinski definition) is 4. The number of rotatable bonds is 6. The highest BCUT2D eigenvalue weighted by atomic mass is 32.2. The molecule has 0 bridgehead atoms. The van der Waals surface area contributed by atoms with Gasteiger partial charge in [-0.15, -0.1) is 0 Å². The maximum absolute atomic E-state index is 11.1. The summed E-state index contributed by atoms with van der Waals surface area (Å²) in [5.74, 6) is -0.604. The van der Waals surface area contributed by atoms with Gasteiger partial charge in [0.05, 0.1) is 11.8 Å². The highest BCUT2D eigenvalue weighted by Crippen LogP contribution is 1.92. The van der Waals surface area contributed by atoms with Crippen LogP contribution in [0.1, 0.15) is 19.8 Å². The van der Waals surface area contributed by atoms with Gasteiger partial charge in [0.1, 0.15) is 0 Å². The van der Waals surface area contributed by atoms with Crippen LogP contribution in [0.25, 0.3) is 0 Å². The molecule has 0 heterocycles. The zero-order valence-electron chi connectivity index (χ0n) is 8.19. The smallest absolute Gasteiger partial charge is 0.236 e. The lowest BCUT2D eigenvalue weighted by atomic mass is 10.2. The molecule has 0 aliphatic heterocycles.